The number of benzene rings is 2. The first-order valence-electron chi connectivity index (χ1n) is 8.95. The van der Waals surface area contributed by atoms with E-state index in [9.17, 15) is 9.18 Å². The van der Waals surface area contributed by atoms with Crippen LogP contribution in [-0.4, -0.2) is 36.6 Å². The third-order valence-corrected chi connectivity index (χ3v) is 5.18. The van der Waals surface area contributed by atoms with Crippen molar-refractivity contribution in [1.29, 1.82) is 5.26 Å². The molecule has 0 saturated heterocycles. The van der Waals surface area contributed by atoms with Crippen LogP contribution in [0.5, 0.6) is 0 Å². The maximum absolute atomic E-state index is 13.1. The van der Waals surface area contributed by atoms with Crippen molar-refractivity contribution in [1.82, 2.24) is 24.9 Å². The Hall–Kier alpha value is -4.04. The monoisotopic (exact) mass is 435 g/mol. The molecule has 1 N–H and O–H groups in total. The Morgan fingerprint density at radius 3 is 2.84 bits per heavy atom. The van der Waals surface area contributed by atoms with Crippen LogP contribution in [0, 0.1) is 17.1 Å². The summed E-state index contributed by atoms with van der Waals surface area (Å²) in [5.74, 6) is 0.272. The normalized spacial score (nSPS) is 10.6. The summed E-state index contributed by atoms with van der Waals surface area (Å²) in [5, 5.41) is 24.2. The first-order chi connectivity index (χ1) is 15.0. The standard InChI is InChI=1S/C20H14FN7O2S/c1-28-18(19-24-17(27-30-19)13-5-7-14(21)8-6-13)25-26-20(28)31-11-16(29)23-15-4-2-3-12(9-15)10-22/h2-9H,11H2,1H3,(H,23,29). The van der Waals surface area contributed by atoms with Crippen molar-refractivity contribution < 1.29 is 13.7 Å². The molecular weight excluding hydrogens is 421 g/mol. The molecule has 0 bridgehead atoms. The molecule has 4 rings (SSSR count). The zero-order chi connectivity index (χ0) is 21.8. The van der Waals surface area contributed by atoms with E-state index in [1.807, 2.05) is 6.07 Å². The number of carbonyl (C=O) groups is 1. The smallest absolute Gasteiger partial charge is 0.296 e. The molecule has 0 aliphatic carbocycles. The van der Waals surface area contributed by atoms with Gasteiger partial charge in [0.05, 0.1) is 17.4 Å². The summed E-state index contributed by atoms with van der Waals surface area (Å²) in [6.45, 7) is 0. The summed E-state index contributed by atoms with van der Waals surface area (Å²) in [6.07, 6.45) is 0. The van der Waals surface area contributed by atoms with E-state index in [4.69, 9.17) is 9.78 Å². The number of nitrogens with one attached hydrogen (secondary N) is 1. The molecule has 2 heterocycles. The highest BCUT2D eigenvalue weighted by atomic mass is 32.2. The van der Waals surface area contributed by atoms with Crippen molar-refractivity contribution in [3.63, 3.8) is 0 Å². The number of anilines is 1. The van der Waals surface area contributed by atoms with Crippen molar-refractivity contribution in [2.45, 2.75) is 5.16 Å². The van der Waals surface area contributed by atoms with Gasteiger partial charge in [0, 0.05) is 18.3 Å². The number of hydrogen-bond donors (Lipinski definition) is 1. The fourth-order valence-electron chi connectivity index (χ4n) is 2.65. The number of carbonyl (C=O) groups excluding carboxylic acids is 1. The van der Waals surface area contributed by atoms with Crippen molar-refractivity contribution >= 4 is 23.4 Å². The van der Waals surface area contributed by atoms with Gasteiger partial charge in [-0.3, -0.25) is 4.79 Å². The first kappa shape index (κ1) is 20.2. The van der Waals surface area contributed by atoms with Gasteiger partial charge >= 0.3 is 0 Å². The number of halogens is 1. The molecule has 0 aliphatic heterocycles. The van der Waals surface area contributed by atoms with Crippen molar-refractivity contribution in [2.75, 3.05) is 11.1 Å². The topological polar surface area (TPSA) is 123 Å². The minimum atomic E-state index is -0.357. The van der Waals surface area contributed by atoms with Gasteiger partial charge in [-0.25, -0.2) is 4.39 Å². The molecule has 0 saturated carbocycles. The van der Waals surface area contributed by atoms with Crippen LogP contribution in [0.1, 0.15) is 5.56 Å². The van der Waals surface area contributed by atoms with E-state index in [0.29, 0.717) is 33.6 Å². The Bertz CT molecular complexity index is 1280. The maximum atomic E-state index is 13.1. The lowest BCUT2D eigenvalue weighted by molar-refractivity contribution is -0.113. The fraction of sp³-hybridized carbons (Fsp3) is 0.100. The molecule has 0 radical (unpaired) electrons. The first-order valence-corrected chi connectivity index (χ1v) is 9.94. The van der Waals surface area contributed by atoms with Gasteiger partial charge in [0.2, 0.25) is 17.6 Å². The van der Waals surface area contributed by atoms with Crippen LogP contribution in [0.15, 0.2) is 58.2 Å². The molecule has 154 valence electrons. The van der Waals surface area contributed by atoms with Crippen LogP contribution >= 0.6 is 11.8 Å². The van der Waals surface area contributed by atoms with Gasteiger partial charge in [-0.1, -0.05) is 23.0 Å². The minimum absolute atomic E-state index is 0.0907. The highest BCUT2D eigenvalue weighted by Crippen LogP contribution is 2.24. The largest absolute Gasteiger partial charge is 0.330 e. The predicted molar refractivity (Wildman–Crippen MR) is 110 cm³/mol. The molecule has 11 heteroatoms. The zero-order valence-corrected chi connectivity index (χ0v) is 16.9. The molecule has 0 unspecified atom stereocenters. The van der Waals surface area contributed by atoms with Crippen molar-refractivity contribution in [3.8, 4) is 29.2 Å². The average molecular weight is 435 g/mol. The second kappa shape index (κ2) is 8.76. The molecule has 0 spiro atoms. The van der Waals surface area contributed by atoms with Gasteiger partial charge in [0.1, 0.15) is 5.82 Å². The number of aromatic nitrogens is 5. The number of thioether (sulfide) groups is 1. The number of nitrogens with zero attached hydrogens (tertiary/aromatic N) is 6. The van der Waals surface area contributed by atoms with E-state index in [-0.39, 0.29) is 23.4 Å². The second-order valence-electron chi connectivity index (χ2n) is 6.32. The summed E-state index contributed by atoms with van der Waals surface area (Å²) < 4.78 is 20.0. The average Bonchev–Trinajstić information content (AvgIpc) is 3.40. The number of rotatable bonds is 6. The predicted octanol–water partition coefficient (Wildman–Crippen LogP) is 3.27. The summed E-state index contributed by atoms with van der Waals surface area (Å²) in [7, 11) is 1.72. The Morgan fingerprint density at radius 2 is 2.06 bits per heavy atom. The lowest BCUT2D eigenvalue weighted by Crippen LogP contribution is -2.14. The molecule has 0 fully saturated rings. The molecule has 2 aromatic carbocycles. The van der Waals surface area contributed by atoms with E-state index >= 15 is 0 Å². The minimum Gasteiger partial charge on any atom is -0.330 e. The summed E-state index contributed by atoms with van der Waals surface area (Å²) >= 11 is 1.19. The summed E-state index contributed by atoms with van der Waals surface area (Å²) in [6, 6.07) is 14.4. The number of hydrogen-bond acceptors (Lipinski definition) is 8. The molecule has 0 atom stereocenters. The molecular formula is C20H14FN7O2S. The van der Waals surface area contributed by atoms with Gasteiger partial charge in [-0.2, -0.15) is 10.2 Å². The second-order valence-corrected chi connectivity index (χ2v) is 7.27. The fourth-order valence-corrected chi connectivity index (χ4v) is 3.36. The van der Waals surface area contributed by atoms with Crippen LogP contribution in [0.4, 0.5) is 10.1 Å². The van der Waals surface area contributed by atoms with Crippen LogP contribution < -0.4 is 5.32 Å². The molecule has 2 aromatic heterocycles. The summed E-state index contributed by atoms with van der Waals surface area (Å²) in [5.41, 5.74) is 1.61. The van der Waals surface area contributed by atoms with Crippen LogP contribution in [-0.2, 0) is 11.8 Å². The Kier molecular flexibility index (Phi) is 5.72. The van der Waals surface area contributed by atoms with Gasteiger partial charge in [0.25, 0.3) is 5.89 Å². The van der Waals surface area contributed by atoms with Crippen molar-refractivity contribution in [2.24, 2.45) is 7.05 Å². The number of amides is 1. The number of nitriles is 1. The highest BCUT2D eigenvalue weighted by Gasteiger charge is 2.19. The van der Waals surface area contributed by atoms with E-state index in [0.717, 1.165) is 0 Å². The third-order valence-electron chi connectivity index (χ3n) is 4.16. The Labute approximate surface area is 179 Å². The summed E-state index contributed by atoms with van der Waals surface area (Å²) in [4.78, 5) is 16.5. The maximum Gasteiger partial charge on any atom is 0.296 e. The third kappa shape index (κ3) is 4.59. The van der Waals surface area contributed by atoms with Gasteiger partial charge in [-0.15, -0.1) is 10.2 Å². The van der Waals surface area contributed by atoms with Gasteiger partial charge in [-0.05, 0) is 42.5 Å². The van der Waals surface area contributed by atoms with Gasteiger partial charge < -0.3 is 14.4 Å². The van der Waals surface area contributed by atoms with Gasteiger partial charge in [0.15, 0.2) is 5.16 Å². The van der Waals surface area contributed by atoms with Crippen LogP contribution in [0.2, 0.25) is 0 Å². The highest BCUT2D eigenvalue weighted by molar-refractivity contribution is 7.99. The molecule has 9 nitrogen and oxygen atoms in total. The molecule has 31 heavy (non-hydrogen) atoms. The molecule has 0 aliphatic rings. The van der Waals surface area contributed by atoms with Crippen LogP contribution in [0.3, 0.4) is 0 Å². The van der Waals surface area contributed by atoms with E-state index in [1.54, 1.807) is 48.0 Å². The van der Waals surface area contributed by atoms with E-state index < -0.39 is 0 Å². The van der Waals surface area contributed by atoms with E-state index in [2.05, 4.69) is 25.7 Å². The molecule has 1 amide bonds. The lowest BCUT2D eigenvalue weighted by Gasteiger charge is -2.05. The van der Waals surface area contributed by atoms with Crippen molar-refractivity contribution in [3.05, 3.63) is 59.9 Å². The Morgan fingerprint density at radius 1 is 1.26 bits per heavy atom. The van der Waals surface area contributed by atoms with E-state index in [1.165, 1.54) is 23.9 Å². The van der Waals surface area contributed by atoms with Crippen LogP contribution in [0.25, 0.3) is 23.1 Å². The lowest BCUT2D eigenvalue weighted by atomic mass is 10.2. The zero-order valence-electron chi connectivity index (χ0n) is 16.1. The SMILES string of the molecule is Cn1c(SCC(=O)Nc2cccc(C#N)c2)nnc1-c1nc(-c2ccc(F)cc2)no1. The molecule has 4 aromatic rings. The quantitative estimate of drug-likeness (QED) is 0.458. The Balaban J connectivity index is 1.42.